The molecule has 0 radical (unpaired) electrons. The van der Waals surface area contributed by atoms with Crippen molar-refractivity contribution >= 4 is 15.9 Å². The van der Waals surface area contributed by atoms with Crippen LogP contribution in [-0.4, -0.2) is 25.9 Å². The molecule has 0 atom stereocenters. The largest absolute Gasteiger partial charge is 0.493 e. The number of aliphatic hydroxyl groups excluding tert-OH is 1. The summed E-state index contributed by atoms with van der Waals surface area (Å²) in [6, 6.07) is 2.05. The fraction of sp³-hybridized carbons (Fsp3) is 0.538. The van der Waals surface area contributed by atoms with Crippen LogP contribution in [0.1, 0.15) is 24.5 Å². The third kappa shape index (κ3) is 3.13. The Morgan fingerprint density at radius 2 is 1.88 bits per heavy atom. The van der Waals surface area contributed by atoms with Crippen molar-refractivity contribution in [1.29, 1.82) is 0 Å². The lowest BCUT2D eigenvalue weighted by atomic mass is 9.99. The number of hydrogen-bond acceptors (Lipinski definition) is 3. The Balaban J connectivity index is 3.26. The highest BCUT2D eigenvalue weighted by molar-refractivity contribution is 9.10. The van der Waals surface area contributed by atoms with Crippen LogP contribution >= 0.6 is 15.9 Å². The molecule has 0 saturated carbocycles. The Labute approximate surface area is 111 Å². The van der Waals surface area contributed by atoms with Gasteiger partial charge in [0.2, 0.25) is 0 Å². The number of benzene rings is 1. The summed E-state index contributed by atoms with van der Waals surface area (Å²) in [5.74, 6) is 1.52. The van der Waals surface area contributed by atoms with Crippen molar-refractivity contribution in [1.82, 2.24) is 0 Å². The van der Waals surface area contributed by atoms with E-state index < -0.39 is 0 Å². The van der Waals surface area contributed by atoms with Crippen LogP contribution in [0.2, 0.25) is 0 Å². The molecule has 0 aliphatic rings. The minimum Gasteiger partial charge on any atom is -0.493 e. The van der Waals surface area contributed by atoms with Gasteiger partial charge in [0.05, 0.1) is 18.7 Å². The van der Waals surface area contributed by atoms with Gasteiger partial charge in [-0.2, -0.15) is 0 Å². The lowest BCUT2D eigenvalue weighted by Gasteiger charge is -2.17. The van der Waals surface area contributed by atoms with Crippen LogP contribution in [0.3, 0.4) is 0 Å². The Morgan fingerprint density at radius 1 is 1.24 bits per heavy atom. The van der Waals surface area contributed by atoms with Crippen molar-refractivity contribution in [3.8, 4) is 11.5 Å². The lowest BCUT2D eigenvalue weighted by Crippen LogP contribution is -2.02. The Morgan fingerprint density at radius 3 is 2.35 bits per heavy atom. The topological polar surface area (TPSA) is 38.7 Å². The van der Waals surface area contributed by atoms with Gasteiger partial charge in [-0.15, -0.1) is 0 Å². The maximum absolute atomic E-state index is 8.92. The molecule has 17 heavy (non-hydrogen) atoms. The fourth-order valence-electron chi connectivity index (χ4n) is 1.98. The van der Waals surface area contributed by atoms with Crippen molar-refractivity contribution in [2.75, 3.05) is 20.8 Å². The van der Waals surface area contributed by atoms with Gasteiger partial charge in [0.25, 0.3) is 0 Å². The predicted molar refractivity (Wildman–Crippen MR) is 72.0 cm³/mol. The molecule has 1 aromatic rings. The number of hydrogen-bond donors (Lipinski definition) is 1. The summed E-state index contributed by atoms with van der Waals surface area (Å²) in [6.45, 7) is 2.29. The van der Waals surface area contributed by atoms with Crippen molar-refractivity contribution < 1.29 is 14.6 Å². The highest BCUT2D eigenvalue weighted by Crippen LogP contribution is 2.40. The zero-order valence-corrected chi connectivity index (χ0v) is 12.1. The number of rotatable bonds is 6. The number of ether oxygens (including phenoxy) is 2. The molecule has 4 heteroatoms. The molecule has 0 saturated heterocycles. The van der Waals surface area contributed by atoms with E-state index in [1.54, 1.807) is 14.2 Å². The highest BCUT2D eigenvalue weighted by atomic mass is 79.9. The first kappa shape index (κ1) is 14.3. The van der Waals surface area contributed by atoms with Gasteiger partial charge >= 0.3 is 0 Å². The lowest BCUT2D eigenvalue weighted by molar-refractivity contribution is 0.288. The molecule has 0 fully saturated rings. The third-order valence-corrected chi connectivity index (χ3v) is 3.34. The summed E-state index contributed by atoms with van der Waals surface area (Å²) in [4.78, 5) is 0. The Kier molecular flexibility index (Phi) is 5.78. The summed E-state index contributed by atoms with van der Waals surface area (Å²) >= 11 is 3.49. The SMILES string of the molecule is CCc1c(CCCO)cc(Br)c(OC)c1OC. The van der Waals surface area contributed by atoms with Crippen LogP contribution in [0.15, 0.2) is 10.5 Å². The zero-order chi connectivity index (χ0) is 12.8. The van der Waals surface area contributed by atoms with Crippen molar-refractivity contribution in [2.24, 2.45) is 0 Å². The van der Waals surface area contributed by atoms with Crippen LogP contribution in [0.5, 0.6) is 11.5 Å². The van der Waals surface area contributed by atoms with Gasteiger partial charge < -0.3 is 14.6 Å². The first-order valence-electron chi connectivity index (χ1n) is 5.72. The number of aliphatic hydroxyl groups is 1. The molecule has 3 nitrogen and oxygen atoms in total. The van der Waals surface area contributed by atoms with E-state index in [0.717, 1.165) is 40.8 Å². The van der Waals surface area contributed by atoms with Gasteiger partial charge in [0.1, 0.15) is 0 Å². The van der Waals surface area contributed by atoms with Gasteiger partial charge in [0, 0.05) is 12.2 Å². The Bertz CT molecular complexity index is 377. The molecule has 96 valence electrons. The summed E-state index contributed by atoms with van der Waals surface area (Å²) in [5.41, 5.74) is 2.35. The molecule has 0 heterocycles. The molecule has 0 aromatic heterocycles. The van der Waals surface area contributed by atoms with Gasteiger partial charge in [-0.05, 0) is 46.8 Å². The van der Waals surface area contributed by atoms with Gasteiger partial charge in [0.15, 0.2) is 11.5 Å². The molecule has 1 rings (SSSR count). The molecule has 1 N–H and O–H groups in total. The van der Waals surface area contributed by atoms with E-state index in [9.17, 15) is 0 Å². The van der Waals surface area contributed by atoms with Crippen LogP contribution in [0.25, 0.3) is 0 Å². The summed E-state index contributed by atoms with van der Waals surface area (Å²) < 4.78 is 11.7. The minimum absolute atomic E-state index is 0.203. The average molecular weight is 303 g/mol. The van der Waals surface area contributed by atoms with Crippen molar-refractivity contribution in [3.63, 3.8) is 0 Å². The third-order valence-electron chi connectivity index (χ3n) is 2.75. The second-order valence-corrected chi connectivity index (χ2v) is 4.60. The maximum Gasteiger partial charge on any atom is 0.175 e. The van der Waals surface area contributed by atoms with Crippen LogP contribution in [-0.2, 0) is 12.8 Å². The van der Waals surface area contributed by atoms with Gasteiger partial charge in [-0.1, -0.05) is 6.92 Å². The Hall–Kier alpha value is -0.740. The van der Waals surface area contributed by atoms with Crippen LogP contribution in [0, 0.1) is 0 Å². The number of aryl methyl sites for hydroxylation is 1. The van der Waals surface area contributed by atoms with Crippen LogP contribution < -0.4 is 9.47 Å². The smallest absolute Gasteiger partial charge is 0.175 e. The molecule has 0 amide bonds. The molecule has 1 aromatic carbocycles. The average Bonchev–Trinajstić information content (AvgIpc) is 2.35. The van der Waals surface area contributed by atoms with Crippen molar-refractivity contribution in [3.05, 3.63) is 21.7 Å². The van der Waals surface area contributed by atoms with Crippen LogP contribution in [0.4, 0.5) is 0 Å². The first-order chi connectivity index (χ1) is 8.19. The predicted octanol–water partition coefficient (Wildman–Crippen LogP) is 2.95. The monoisotopic (exact) mass is 302 g/mol. The second kappa shape index (κ2) is 6.87. The molecule has 0 aliphatic heterocycles. The fourth-order valence-corrected chi connectivity index (χ4v) is 2.60. The quantitative estimate of drug-likeness (QED) is 0.878. The number of methoxy groups -OCH3 is 2. The molecule has 0 bridgehead atoms. The van der Waals surface area contributed by atoms with E-state index in [1.165, 1.54) is 5.56 Å². The minimum atomic E-state index is 0.203. The summed E-state index contributed by atoms with van der Waals surface area (Å²) in [5, 5.41) is 8.92. The summed E-state index contributed by atoms with van der Waals surface area (Å²) in [7, 11) is 3.29. The zero-order valence-electron chi connectivity index (χ0n) is 10.5. The summed E-state index contributed by atoms with van der Waals surface area (Å²) in [6.07, 6.45) is 2.49. The van der Waals surface area contributed by atoms with Gasteiger partial charge in [-0.3, -0.25) is 0 Å². The normalized spacial score (nSPS) is 10.4. The molecular weight excluding hydrogens is 284 g/mol. The first-order valence-corrected chi connectivity index (χ1v) is 6.51. The molecular formula is C13H19BrO3. The van der Waals surface area contributed by atoms with Crippen molar-refractivity contribution in [2.45, 2.75) is 26.2 Å². The maximum atomic E-state index is 8.92. The van der Waals surface area contributed by atoms with E-state index >= 15 is 0 Å². The van der Waals surface area contributed by atoms with E-state index in [0.29, 0.717) is 0 Å². The van der Waals surface area contributed by atoms with Gasteiger partial charge in [-0.25, -0.2) is 0 Å². The van der Waals surface area contributed by atoms with E-state index in [-0.39, 0.29) is 6.61 Å². The number of halogens is 1. The van der Waals surface area contributed by atoms with E-state index in [2.05, 4.69) is 28.9 Å². The second-order valence-electron chi connectivity index (χ2n) is 3.74. The van der Waals surface area contributed by atoms with E-state index in [4.69, 9.17) is 14.6 Å². The molecule has 0 unspecified atom stereocenters. The molecule has 0 spiro atoms. The highest BCUT2D eigenvalue weighted by Gasteiger charge is 2.16. The van der Waals surface area contributed by atoms with E-state index in [1.807, 2.05) is 0 Å². The molecule has 0 aliphatic carbocycles. The standard InChI is InChI=1S/C13H19BrO3/c1-4-10-9(6-5-7-15)8-11(14)13(17-3)12(10)16-2/h8,15H,4-7H2,1-3H3.